The maximum atomic E-state index is 5.90. The van der Waals surface area contributed by atoms with Gasteiger partial charge in [-0.25, -0.2) is 0 Å². The Bertz CT molecular complexity index is 828. The van der Waals surface area contributed by atoms with Gasteiger partial charge in [-0.2, -0.15) is 0 Å². The number of hydrogen-bond donors (Lipinski definition) is 0. The molecule has 0 saturated carbocycles. The molecular formula is C23H21NO. The molecule has 1 aliphatic heterocycles. The summed E-state index contributed by atoms with van der Waals surface area (Å²) in [4.78, 5) is 5.90. The van der Waals surface area contributed by atoms with E-state index in [-0.39, 0.29) is 12.0 Å². The van der Waals surface area contributed by atoms with E-state index in [4.69, 9.17) is 4.84 Å². The van der Waals surface area contributed by atoms with Gasteiger partial charge in [0.2, 0.25) is 0 Å². The molecule has 0 spiro atoms. The molecule has 1 heterocycles. The lowest BCUT2D eigenvalue weighted by Gasteiger charge is -2.19. The molecule has 0 bridgehead atoms. The number of nitrogens with zero attached hydrogens (tertiary/aromatic N) is 1. The molecule has 25 heavy (non-hydrogen) atoms. The number of benzene rings is 3. The van der Waals surface area contributed by atoms with Crippen LogP contribution in [-0.4, -0.2) is 11.8 Å². The first-order chi connectivity index (χ1) is 12.4. The van der Waals surface area contributed by atoms with Crippen LogP contribution in [0.15, 0.2) is 96.2 Å². The highest BCUT2D eigenvalue weighted by atomic mass is 16.6. The molecule has 0 unspecified atom stereocenters. The summed E-state index contributed by atoms with van der Waals surface area (Å²) in [5.41, 5.74) is 4.82. The topological polar surface area (TPSA) is 21.6 Å². The molecule has 2 nitrogen and oxygen atoms in total. The van der Waals surface area contributed by atoms with Gasteiger partial charge in [0, 0.05) is 12.3 Å². The van der Waals surface area contributed by atoms with Crippen LogP contribution < -0.4 is 0 Å². The summed E-state index contributed by atoms with van der Waals surface area (Å²) in [6.45, 7) is 0. The van der Waals surface area contributed by atoms with Crippen LogP contribution in [0.25, 0.3) is 0 Å². The Morgan fingerprint density at radius 3 is 1.76 bits per heavy atom. The highest BCUT2D eigenvalue weighted by Crippen LogP contribution is 2.29. The Kier molecular flexibility index (Phi) is 4.60. The number of oxime groups is 1. The van der Waals surface area contributed by atoms with E-state index in [0.717, 1.165) is 24.1 Å². The van der Waals surface area contributed by atoms with Crippen molar-refractivity contribution in [3.63, 3.8) is 0 Å². The second-order valence-electron chi connectivity index (χ2n) is 6.47. The fourth-order valence-electron chi connectivity index (χ4n) is 3.44. The zero-order valence-electron chi connectivity index (χ0n) is 14.1. The fourth-order valence-corrected chi connectivity index (χ4v) is 3.44. The van der Waals surface area contributed by atoms with Crippen molar-refractivity contribution >= 4 is 5.71 Å². The first-order valence-corrected chi connectivity index (χ1v) is 8.77. The number of rotatable bonds is 5. The van der Waals surface area contributed by atoms with E-state index in [2.05, 4.69) is 84.0 Å². The van der Waals surface area contributed by atoms with E-state index >= 15 is 0 Å². The van der Waals surface area contributed by atoms with Crippen LogP contribution in [0.1, 0.15) is 16.7 Å². The van der Waals surface area contributed by atoms with Crippen molar-refractivity contribution in [2.45, 2.75) is 18.9 Å². The van der Waals surface area contributed by atoms with Crippen molar-refractivity contribution in [2.24, 2.45) is 11.1 Å². The minimum absolute atomic E-state index is 0.0674. The molecular weight excluding hydrogens is 306 g/mol. The lowest BCUT2D eigenvalue weighted by atomic mass is 9.84. The smallest absolute Gasteiger partial charge is 0.140 e. The molecule has 0 aromatic heterocycles. The van der Waals surface area contributed by atoms with Gasteiger partial charge in [0.05, 0.1) is 5.71 Å². The Balaban J connectivity index is 1.61. The van der Waals surface area contributed by atoms with Gasteiger partial charge in [0.15, 0.2) is 0 Å². The van der Waals surface area contributed by atoms with Crippen molar-refractivity contribution in [1.29, 1.82) is 0 Å². The molecule has 0 aliphatic carbocycles. The highest BCUT2D eigenvalue weighted by Gasteiger charge is 2.34. The molecule has 0 saturated heterocycles. The van der Waals surface area contributed by atoms with Gasteiger partial charge in [0.25, 0.3) is 0 Å². The third-order valence-corrected chi connectivity index (χ3v) is 4.73. The van der Waals surface area contributed by atoms with Gasteiger partial charge < -0.3 is 4.84 Å². The maximum absolute atomic E-state index is 5.90. The van der Waals surface area contributed by atoms with Crippen molar-refractivity contribution in [3.8, 4) is 0 Å². The van der Waals surface area contributed by atoms with Gasteiger partial charge in [-0.3, -0.25) is 0 Å². The summed E-state index contributed by atoms with van der Waals surface area (Å²) in [5, 5.41) is 4.48. The molecule has 3 aromatic rings. The summed E-state index contributed by atoms with van der Waals surface area (Å²) in [6, 6.07) is 31.5. The van der Waals surface area contributed by atoms with E-state index < -0.39 is 0 Å². The third kappa shape index (κ3) is 3.63. The van der Waals surface area contributed by atoms with Crippen molar-refractivity contribution in [3.05, 3.63) is 108 Å². The predicted octanol–water partition coefficient (Wildman–Crippen LogP) is 4.89. The number of hydrogen-bond acceptors (Lipinski definition) is 2. The Morgan fingerprint density at radius 2 is 1.16 bits per heavy atom. The van der Waals surface area contributed by atoms with Crippen LogP contribution in [0.4, 0.5) is 0 Å². The molecule has 0 radical (unpaired) electrons. The van der Waals surface area contributed by atoms with Gasteiger partial charge in [-0.05, 0) is 23.1 Å². The first kappa shape index (κ1) is 15.6. The SMILES string of the molecule is c1ccc(C[C@@H]2C(c3ccccc3)=NO[C@@H]2Cc2ccccc2)cc1. The maximum Gasteiger partial charge on any atom is 0.140 e. The quantitative estimate of drug-likeness (QED) is 0.654. The van der Waals surface area contributed by atoms with E-state index in [9.17, 15) is 0 Å². The first-order valence-electron chi connectivity index (χ1n) is 8.77. The monoisotopic (exact) mass is 327 g/mol. The summed E-state index contributed by atoms with van der Waals surface area (Å²) >= 11 is 0. The predicted molar refractivity (Wildman–Crippen MR) is 102 cm³/mol. The minimum Gasteiger partial charge on any atom is -0.391 e. The molecule has 1 aliphatic rings. The second-order valence-corrected chi connectivity index (χ2v) is 6.47. The lowest BCUT2D eigenvalue weighted by Crippen LogP contribution is -2.28. The van der Waals surface area contributed by atoms with Crippen LogP contribution in [0.2, 0.25) is 0 Å². The van der Waals surface area contributed by atoms with Crippen molar-refractivity contribution in [1.82, 2.24) is 0 Å². The Morgan fingerprint density at radius 1 is 0.640 bits per heavy atom. The fraction of sp³-hybridized carbons (Fsp3) is 0.174. The van der Waals surface area contributed by atoms with Gasteiger partial charge in [-0.15, -0.1) is 0 Å². The standard InChI is InChI=1S/C23H21NO/c1-4-10-18(11-5-1)16-21-22(17-19-12-6-2-7-13-19)25-24-23(21)20-14-8-3-9-15-20/h1-15,21-22H,16-17H2/t21-,22+/m0/s1. The van der Waals surface area contributed by atoms with Crippen molar-refractivity contribution < 1.29 is 4.84 Å². The highest BCUT2D eigenvalue weighted by molar-refractivity contribution is 6.03. The van der Waals surface area contributed by atoms with Gasteiger partial charge in [0.1, 0.15) is 6.10 Å². The normalized spacial score (nSPS) is 19.3. The largest absolute Gasteiger partial charge is 0.391 e. The Hall–Kier alpha value is -2.87. The minimum atomic E-state index is 0.0674. The molecule has 3 aromatic carbocycles. The van der Waals surface area contributed by atoms with Crippen molar-refractivity contribution in [2.75, 3.05) is 0 Å². The second kappa shape index (κ2) is 7.35. The zero-order valence-corrected chi connectivity index (χ0v) is 14.1. The van der Waals surface area contributed by atoms with Crippen LogP contribution in [-0.2, 0) is 17.7 Å². The molecule has 4 rings (SSSR count). The molecule has 0 N–H and O–H groups in total. The summed E-state index contributed by atoms with van der Waals surface area (Å²) in [5.74, 6) is 0.255. The van der Waals surface area contributed by atoms with E-state index in [1.165, 1.54) is 11.1 Å². The van der Waals surface area contributed by atoms with E-state index in [1.807, 2.05) is 12.1 Å². The third-order valence-electron chi connectivity index (χ3n) is 4.73. The summed E-state index contributed by atoms with van der Waals surface area (Å²) in [6.07, 6.45) is 1.88. The molecule has 0 amide bonds. The van der Waals surface area contributed by atoms with Crippen LogP contribution in [0, 0.1) is 5.92 Å². The zero-order chi connectivity index (χ0) is 16.9. The average molecular weight is 327 g/mol. The molecule has 2 atom stereocenters. The molecule has 0 fully saturated rings. The lowest BCUT2D eigenvalue weighted by molar-refractivity contribution is 0.0622. The van der Waals surface area contributed by atoms with Crippen LogP contribution in [0.5, 0.6) is 0 Å². The molecule has 124 valence electrons. The summed E-state index contributed by atoms with van der Waals surface area (Å²) < 4.78 is 0. The van der Waals surface area contributed by atoms with Crippen LogP contribution >= 0.6 is 0 Å². The summed E-state index contributed by atoms with van der Waals surface area (Å²) in [7, 11) is 0. The average Bonchev–Trinajstić information content (AvgIpc) is 3.06. The molecule has 2 heteroatoms. The van der Waals surface area contributed by atoms with Gasteiger partial charge >= 0.3 is 0 Å². The van der Waals surface area contributed by atoms with E-state index in [1.54, 1.807) is 0 Å². The van der Waals surface area contributed by atoms with E-state index in [0.29, 0.717) is 0 Å². The van der Waals surface area contributed by atoms with Crippen LogP contribution in [0.3, 0.4) is 0 Å². The van der Waals surface area contributed by atoms with Gasteiger partial charge in [-0.1, -0.05) is 96.2 Å². The Labute approximate surface area is 148 Å².